The highest BCUT2D eigenvalue weighted by atomic mass is 16.3. The molecule has 1 unspecified atom stereocenters. The number of aliphatic hydroxyl groups excluding tert-OH is 1. The van der Waals surface area contributed by atoms with Gasteiger partial charge < -0.3 is 15.7 Å². The van der Waals surface area contributed by atoms with Gasteiger partial charge in [0.1, 0.15) is 0 Å². The molecule has 0 aliphatic carbocycles. The lowest BCUT2D eigenvalue weighted by Crippen LogP contribution is -2.41. The number of benzene rings is 1. The van der Waals surface area contributed by atoms with Crippen molar-refractivity contribution in [2.24, 2.45) is 0 Å². The molecule has 17 heavy (non-hydrogen) atoms. The fraction of sp³-hybridized carbons (Fsp3) is 0.462. The van der Waals surface area contributed by atoms with Crippen molar-refractivity contribution in [1.29, 1.82) is 0 Å². The molecule has 0 heterocycles. The van der Waals surface area contributed by atoms with Crippen LogP contribution in [0.5, 0.6) is 0 Å². The zero-order chi connectivity index (χ0) is 12.5. The number of carbonyl (C=O) groups excluding carboxylic acids is 1. The van der Waals surface area contributed by atoms with E-state index < -0.39 is 0 Å². The van der Waals surface area contributed by atoms with Gasteiger partial charge in [-0.2, -0.15) is 0 Å². The second kappa shape index (κ2) is 7.68. The van der Waals surface area contributed by atoms with Gasteiger partial charge in [0.05, 0.1) is 0 Å². The summed E-state index contributed by atoms with van der Waals surface area (Å²) in [4.78, 5) is 11.6. The summed E-state index contributed by atoms with van der Waals surface area (Å²) in [5.41, 5.74) is 1.07. The van der Waals surface area contributed by atoms with Gasteiger partial charge >= 0.3 is 6.03 Å². The molecular formula is C13H20N2O2. The summed E-state index contributed by atoms with van der Waals surface area (Å²) < 4.78 is 0. The molecular weight excluding hydrogens is 216 g/mol. The van der Waals surface area contributed by atoms with Crippen LogP contribution >= 0.6 is 0 Å². The number of amides is 2. The van der Waals surface area contributed by atoms with Crippen LogP contribution in [0.3, 0.4) is 0 Å². The molecule has 0 fully saturated rings. The molecule has 1 rings (SSSR count). The lowest BCUT2D eigenvalue weighted by atomic mass is 10.1. The quantitative estimate of drug-likeness (QED) is 0.703. The zero-order valence-corrected chi connectivity index (χ0v) is 10.1. The number of hydrogen-bond donors (Lipinski definition) is 3. The maximum absolute atomic E-state index is 11.6. The van der Waals surface area contributed by atoms with Gasteiger partial charge in [0, 0.05) is 19.2 Å². The van der Waals surface area contributed by atoms with Crippen molar-refractivity contribution in [1.82, 2.24) is 10.6 Å². The molecule has 2 amide bonds. The first-order chi connectivity index (χ1) is 8.26. The van der Waals surface area contributed by atoms with Gasteiger partial charge in [-0.3, -0.25) is 0 Å². The predicted molar refractivity (Wildman–Crippen MR) is 67.6 cm³/mol. The number of rotatable bonds is 6. The fourth-order valence-electron chi connectivity index (χ4n) is 1.55. The van der Waals surface area contributed by atoms with Crippen molar-refractivity contribution in [3.05, 3.63) is 35.9 Å². The molecule has 1 aromatic carbocycles. The number of aliphatic hydroxyl groups is 1. The SMILES string of the molecule is CCC(CCO)NC(=O)NCc1ccccc1. The van der Waals surface area contributed by atoms with Gasteiger partial charge in [0.15, 0.2) is 0 Å². The minimum Gasteiger partial charge on any atom is -0.396 e. The van der Waals surface area contributed by atoms with Crippen LogP contribution in [0.25, 0.3) is 0 Å². The predicted octanol–water partition coefficient (Wildman–Crippen LogP) is 1.65. The van der Waals surface area contributed by atoms with Crippen LogP contribution in [-0.4, -0.2) is 23.8 Å². The van der Waals surface area contributed by atoms with Crippen molar-refractivity contribution in [3.8, 4) is 0 Å². The third-order valence-electron chi connectivity index (χ3n) is 2.60. The minimum absolute atomic E-state index is 0.0378. The third kappa shape index (κ3) is 5.36. The first-order valence-corrected chi connectivity index (χ1v) is 5.95. The fourth-order valence-corrected chi connectivity index (χ4v) is 1.55. The second-order valence-electron chi connectivity index (χ2n) is 3.93. The van der Waals surface area contributed by atoms with Gasteiger partial charge in [-0.15, -0.1) is 0 Å². The molecule has 1 aromatic rings. The molecule has 4 heteroatoms. The Balaban J connectivity index is 2.30. The zero-order valence-electron chi connectivity index (χ0n) is 10.1. The van der Waals surface area contributed by atoms with Gasteiger partial charge in [-0.1, -0.05) is 37.3 Å². The summed E-state index contributed by atoms with van der Waals surface area (Å²) in [6.07, 6.45) is 1.41. The Bertz CT molecular complexity index is 327. The lowest BCUT2D eigenvalue weighted by Gasteiger charge is -2.16. The van der Waals surface area contributed by atoms with Crippen molar-refractivity contribution >= 4 is 6.03 Å². The van der Waals surface area contributed by atoms with Crippen LogP contribution in [0.1, 0.15) is 25.3 Å². The van der Waals surface area contributed by atoms with Crippen molar-refractivity contribution in [2.75, 3.05) is 6.61 Å². The Morgan fingerprint density at radius 1 is 1.35 bits per heavy atom. The normalized spacial score (nSPS) is 11.9. The average Bonchev–Trinajstić information content (AvgIpc) is 2.37. The number of urea groups is 1. The van der Waals surface area contributed by atoms with E-state index in [-0.39, 0.29) is 18.7 Å². The first kappa shape index (κ1) is 13.5. The molecule has 0 saturated heterocycles. The van der Waals surface area contributed by atoms with E-state index in [9.17, 15) is 4.79 Å². The number of nitrogens with one attached hydrogen (secondary N) is 2. The van der Waals surface area contributed by atoms with E-state index in [0.717, 1.165) is 12.0 Å². The van der Waals surface area contributed by atoms with E-state index in [0.29, 0.717) is 13.0 Å². The summed E-state index contributed by atoms with van der Waals surface area (Å²) in [7, 11) is 0. The summed E-state index contributed by atoms with van der Waals surface area (Å²) in [6, 6.07) is 9.60. The van der Waals surface area contributed by atoms with Crippen LogP contribution in [0.2, 0.25) is 0 Å². The van der Waals surface area contributed by atoms with E-state index in [1.807, 2.05) is 37.3 Å². The van der Waals surface area contributed by atoms with Gasteiger partial charge in [0.25, 0.3) is 0 Å². The summed E-state index contributed by atoms with van der Waals surface area (Å²) in [6.45, 7) is 2.59. The topological polar surface area (TPSA) is 61.4 Å². The smallest absolute Gasteiger partial charge is 0.315 e. The Labute approximate surface area is 102 Å². The van der Waals surface area contributed by atoms with Gasteiger partial charge in [0.2, 0.25) is 0 Å². The Morgan fingerprint density at radius 3 is 2.65 bits per heavy atom. The highest BCUT2D eigenvalue weighted by Gasteiger charge is 2.08. The van der Waals surface area contributed by atoms with Crippen molar-refractivity contribution in [2.45, 2.75) is 32.4 Å². The molecule has 3 N–H and O–H groups in total. The highest BCUT2D eigenvalue weighted by molar-refractivity contribution is 5.74. The Kier molecular flexibility index (Phi) is 6.10. The Hall–Kier alpha value is -1.55. The van der Waals surface area contributed by atoms with E-state index in [1.165, 1.54) is 0 Å². The van der Waals surface area contributed by atoms with E-state index in [2.05, 4.69) is 10.6 Å². The molecule has 4 nitrogen and oxygen atoms in total. The largest absolute Gasteiger partial charge is 0.396 e. The third-order valence-corrected chi connectivity index (χ3v) is 2.60. The maximum atomic E-state index is 11.6. The van der Waals surface area contributed by atoms with Crippen LogP contribution in [0.15, 0.2) is 30.3 Å². The summed E-state index contributed by atoms with van der Waals surface area (Å²) in [5, 5.41) is 14.4. The minimum atomic E-state index is -0.186. The van der Waals surface area contributed by atoms with Crippen molar-refractivity contribution < 1.29 is 9.90 Å². The highest BCUT2D eigenvalue weighted by Crippen LogP contribution is 1.98. The van der Waals surface area contributed by atoms with Crippen LogP contribution < -0.4 is 10.6 Å². The molecule has 94 valence electrons. The molecule has 0 aliphatic rings. The monoisotopic (exact) mass is 236 g/mol. The molecule has 0 aromatic heterocycles. The molecule has 0 saturated carbocycles. The summed E-state index contributed by atoms with van der Waals surface area (Å²) >= 11 is 0. The lowest BCUT2D eigenvalue weighted by molar-refractivity contribution is 0.227. The first-order valence-electron chi connectivity index (χ1n) is 5.95. The van der Waals surface area contributed by atoms with E-state index in [1.54, 1.807) is 0 Å². The van der Waals surface area contributed by atoms with Crippen LogP contribution in [0.4, 0.5) is 4.79 Å². The summed E-state index contributed by atoms with van der Waals surface area (Å²) in [5.74, 6) is 0. The van der Waals surface area contributed by atoms with E-state index in [4.69, 9.17) is 5.11 Å². The van der Waals surface area contributed by atoms with Gasteiger partial charge in [-0.25, -0.2) is 4.79 Å². The average molecular weight is 236 g/mol. The second-order valence-corrected chi connectivity index (χ2v) is 3.93. The van der Waals surface area contributed by atoms with Crippen molar-refractivity contribution in [3.63, 3.8) is 0 Å². The molecule has 0 spiro atoms. The van der Waals surface area contributed by atoms with Crippen LogP contribution in [0, 0.1) is 0 Å². The van der Waals surface area contributed by atoms with Gasteiger partial charge in [-0.05, 0) is 18.4 Å². The number of hydrogen-bond acceptors (Lipinski definition) is 2. The van der Waals surface area contributed by atoms with E-state index >= 15 is 0 Å². The Morgan fingerprint density at radius 2 is 2.06 bits per heavy atom. The standard InChI is InChI=1S/C13H20N2O2/c1-2-12(8-9-16)15-13(17)14-10-11-6-4-3-5-7-11/h3-7,12,16H,2,8-10H2,1H3,(H2,14,15,17). The molecule has 1 atom stereocenters. The maximum Gasteiger partial charge on any atom is 0.315 e. The molecule has 0 radical (unpaired) electrons. The molecule has 0 aliphatic heterocycles. The van der Waals surface area contributed by atoms with Crippen LogP contribution in [-0.2, 0) is 6.54 Å². The number of carbonyl (C=O) groups is 1. The molecule has 0 bridgehead atoms.